The highest BCUT2D eigenvalue weighted by Crippen LogP contribution is 2.38. The minimum atomic E-state index is 0.393. The van der Waals surface area contributed by atoms with Gasteiger partial charge in [-0.15, -0.1) is 5.10 Å². The molecule has 1 saturated carbocycles. The van der Waals surface area contributed by atoms with Crippen molar-refractivity contribution in [1.82, 2.24) is 20.2 Å². The second-order valence-corrected chi connectivity index (χ2v) is 6.34. The molecule has 1 aliphatic heterocycles. The Balaban J connectivity index is 1.31. The zero-order valence-corrected chi connectivity index (χ0v) is 13.3. The molecule has 0 N–H and O–H groups in total. The number of nitrogens with zero attached hydrogens (tertiary/aromatic N) is 6. The molecular weight excluding hydrogens is 304 g/mol. The molecule has 122 valence electrons. The lowest BCUT2D eigenvalue weighted by Gasteiger charge is -2.16. The van der Waals surface area contributed by atoms with Crippen LogP contribution in [-0.2, 0) is 0 Å². The van der Waals surface area contributed by atoms with Crippen LogP contribution in [0.1, 0.15) is 36.6 Å². The van der Waals surface area contributed by atoms with E-state index in [4.69, 9.17) is 10.00 Å². The third-order valence-corrected chi connectivity index (χ3v) is 4.45. The van der Waals surface area contributed by atoms with Gasteiger partial charge in [-0.25, -0.2) is 9.97 Å². The van der Waals surface area contributed by atoms with Crippen LogP contribution in [0.5, 0.6) is 5.88 Å². The third-order valence-electron chi connectivity index (χ3n) is 4.45. The van der Waals surface area contributed by atoms with Crippen molar-refractivity contribution in [2.45, 2.75) is 25.2 Å². The van der Waals surface area contributed by atoms with Crippen LogP contribution in [-0.4, -0.2) is 39.9 Å². The van der Waals surface area contributed by atoms with Gasteiger partial charge in [-0.05, 0) is 31.4 Å². The molecule has 4 rings (SSSR count). The van der Waals surface area contributed by atoms with Crippen molar-refractivity contribution in [3.63, 3.8) is 0 Å². The van der Waals surface area contributed by atoms with Crippen molar-refractivity contribution in [3.8, 4) is 11.9 Å². The van der Waals surface area contributed by atoms with Crippen LogP contribution in [0.4, 0.5) is 5.95 Å². The van der Waals surface area contributed by atoms with Gasteiger partial charge in [-0.2, -0.15) is 10.4 Å². The van der Waals surface area contributed by atoms with E-state index in [0.717, 1.165) is 25.2 Å². The van der Waals surface area contributed by atoms with E-state index in [1.54, 1.807) is 12.3 Å². The molecule has 0 aromatic carbocycles. The molecule has 1 unspecified atom stereocenters. The molecule has 7 nitrogen and oxygen atoms in total. The maximum Gasteiger partial charge on any atom is 0.233 e. The van der Waals surface area contributed by atoms with Crippen molar-refractivity contribution in [3.05, 3.63) is 35.8 Å². The Morgan fingerprint density at radius 1 is 1.21 bits per heavy atom. The van der Waals surface area contributed by atoms with Crippen LogP contribution in [0.3, 0.4) is 0 Å². The number of hydrogen-bond acceptors (Lipinski definition) is 7. The minimum Gasteiger partial charge on any atom is -0.476 e. The van der Waals surface area contributed by atoms with Gasteiger partial charge in [0.25, 0.3) is 0 Å². The molecule has 1 saturated heterocycles. The number of aromatic nitrogens is 4. The van der Waals surface area contributed by atoms with Crippen LogP contribution >= 0.6 is 0 Å². The highest BCUT2D eigenvalue weighted by atomic mass is 16.5. The fourth-order valence-electron chi connectivity index (χ4n) is 2.92. The summed E-state index contributed by atoms with van der Waals surface area (Å²) in [6.45, 7) is 2.30. The molecule has 0 radical (unpaired) electrons. The quantitative estimate of drug-likeness (QED) is 0.831. The first-order valence-electron chi connectivity index (χ1n) is 8.26. The summed E-state index contributed by atoms with van der Waals surface area (Å²) >= 11 is 0. The lowest BCUT2D eigenvalue weighted by Crippen LogP contribution is -2.24. The summed E-state index contributed by atoms with van der Waals surface area (Å²) < 4.78 is 5.78. The number of ether oxygens (including phenoxy) is 1. The number of hydrogen-bond donors (Lipinski definition) is 0. The maximum atomic E-state index is 8.93. The van der Waals surface area contributed by atoms with Crippen molar-refractivity contribution in [1.29, 1.82) is 5.26 Å². The topological polar surface area (TPSA) is 87.8 Å². The first-order chi connectivity index (χ1) is 11.8. The second-order valence-electron chi connectivity index (χ2n) is 6.34. The third kappa shape index (κ3) is 3.27. The van der Waals surface area contributed by atoms with Crippen molar-refractivity contribution >= 4 is 5.95 Å². The van der Waals surface area contributed by atoms with Gasteiger partial charge < -0.3 is 9.64 Å². The van der Waals surface area contributed by atoms with Crippen molar-refractivity contribution in [2.24, 2.45) is 5.92 Å². The molecular formula is C17H18N6O. The number of anilines is 1. The maximum absolute atomic E-state index is 8.93. The van der Waals surface area contributed by atoms with E-state index in [-0.39, 0.29) is 0 Å². The summed E-state index contributed by atoms with van der Waals surface area (Å²) in [6.07, 6.45) is 5.08. The van der Waals surface area contributed by atoms with Gasteiger partial charge in [0.15, 0.2) is 0 Å². The Kier molecular flexibility index (Phi) is 3.95. The largest absolute Gasteiger partial charge is 0.476 e. The Hall–Kier alpha value is -2.75. The molecule has 2 fully saturated rings. The Morgan fingerprint density at radius 2 is 2.12 bits per heavy atom. The summed E-state index contributed by atoms with van der Waals surface area (Å²) in [5.41, 5.74) is 1.47. The van der Waals surface area contributed by atoms with Gasteiger partial charge in [0, 0.05) is 37.2 Å². The fourth-order valence-corrected chi connectivity index (χ4v) is 2.92. The van der Waals surface area contributed by atoms with E-state index in [9.17, 15) is 0 Å². The van der Waals surface area contributed by atoms with Gasteiger partial charge in [-0.1, -0.05) is 0 Å². The van der Waals surface area contributed by atoms with Gasteiger partial charge in [0.05, 0.1) is 12.3 Å². The van der Waals surface area contributed by atoms with Gasteiger partial charge >= 0.3 is 0 Å². The molecule has 1 aliphatic carbocycles. The Labute approximate surface area is 140 Å². The summed E-state index contributed by atoms with van der Waals surface area (Å²) in [5.74, 6) is 2.20. The van der Waals surface area contributed by atoms with E-state index in [1.165, 1.54) is 12.8 Å². The summed E-state index contributed by atoms with van der Waals surface area (Å²) in [6, 6.07) is 7.59. The number of nitriles is 1. The van der Waals surface area contributed by atoms with E-state index in [2.05, 4.69) is 25.1 Å². The predicted molar refractivity (Wildman–Crippen MR) is 86.6 cm³/mol. The van der Waals surface area contributed by atoms with Gasteiger partial charge in [0.1, 0.15) is 11.8 Å². The molecule has 0 amide bonds. The zero-order chi connectivity index (χ0) is 16.4. The Bertz CT molecular complexity index is 752. The average molecular weight is 322 g/mol. The van der Waals surface area contributed by atoms with Crippen molar-refractivity contribution < 1.29 is 4.74 Å². The number of rotatable bonds is 5. The molecule has 24 heavy (non-hydrogen) atoms. The monoisotopic (exact) mass is 322 g/mol. The fraction of sp³-hybridized carbons (Fsp3) is 0.471. The van der Waals surface area contributed by atoms with Crippen LogP contribution in [0.2, 0.25) is 0 Å². The lowest BCUT2D eigenvalue weighted by atomic mass is 10.1. The molecule has 2 aromatic heterocycles. The predicted octanol–water partition coefficient (Wildman–Crippen LogP) is 1.92. The standard InChI is InChI=1S/C17H18N6O/c18-9-14-5-7-19-17(20-14)23-8-6-12(10-23)11-24-16-4-3-15(21-22-16)13-1-2-13/h3-5,7,12-13H,1-2,6,8,10-11H2. The molecule has 3 heterocycles. The summed E-state index contributed by atoms with van der Waals surface area (Å²) in [7, 11) is 0. The molecule has 2 aliphatic rings. The van der Waals surface area contributed by atoms with Gasteiger partial charge in [-0.3, -0.25) is 0 Å². The highest BCUT2D eigenvalue weighted by Gasteiger charge is 2.26. The van der Waals surface area contributed by atoms with Gasteiger partial charge in [0.2, 0.25) is 11.8 Å². The first kappa shape index (κ1) is 14.8. The molecule has 1 atom stereocenters. The average Bonchev–Trinajstić information content (AvgIpc) is 3.38. The molecule has 0 bridgehead atoms. The lowest BCUT2D eigenvalue weighted by molar-refractivity contribution is 0.249. The normalized spacial score (nSPS) is 20.0. The minimum absolute atomic E-state index is 0.393. The van der Waals surface area contributed by atoms with E-state index < -0.39 is 0 Å². The van der Waals surface area contributed by atoms with Crippen LogP contribution in [0.15, 0.2) is 24.4 Å². The van der Waals surface area contributed by atoms with E-state index >= 15 is 0 Å². The summed E-state index contributed by atoms with van der Waals surface area (Å²) in [4.78, 5) is 10.6. The van der Waals surface area contributed by atoms with Crippen LogP contribution < -0.4 is 9.64 Å². The summed E-state index contributed by atoms with van der Waals surface area (Å²) in [5, 5.41) is 17.3. The second kappa shape index (κ2) is 6.40. The smallest absolute Gasteiger partial charge is 0.233 e. The van der Waals surface area contributed by atoms with E-state index in [0.29, 0.717) is 36.0 Å². The van der Waals surface area contributed by atoms with E-state index in [1.807, 2.05) is 18.2 Å². The van der Waals surface area contributed by atoms with Crippen LogP contribution in [0, 0.1) is 17.2 Å². The SMILES string of the molecule is N#Cc1ccnc(N2CCC(COc3ccc(C4CC4)nn3)C2)n1. The zero-order valence-electron chi connectivity index (χ0n) is 13.3. The van der Waals surface area contributed by atoms with Crippen LogP contribution in [0.25, 0.3) is 0 Å². The molecule has 7 heteroatoms. The highest BCUT2D eigenvalue weighted by molar-refractivity contribution is 5.35. The molecule has 2 aromatic rings. The first-order valence-corrected chi connectivity index (χ1v) is 8.26. The Morgan fingerprint density at radius 3 is 2.88 bits per heavy atom. The molecule has 0 spiro atoms. The van der Waals surface area contributed by atoms with Crippen molar-refractivity contribution in [2.75, 3.05) is 24.6 Å².